The maximum absolute atomic E-state index is 13.4. The molecule has 1 aliphatic carbocycles. The number of halogens is 3. The minimum absolute atomic E-state index is 0.0486. The normalized spacial score (nSPS) is 22.9. The maximum atomic E-state index is 13.4. The summed E-state index contributed by atoms with van der Waals surface area (Å²) in [5.41, 5.74) is -0.0173. The quantitative estimate of drug-likeness (QED) is 0.531. The van der Waals surface area contributed by atoms with E-state index in [1.54, 1.807) is 18.5 Å². The largest absolute Gasteiger partial charge is 0.464 e. The predicted molar refractivity (Wildman–Crippen MR) is 119 cm³/mol. The third-order valence-corrected chi connectivity index (χ3v) is 6.45. The average molecular weight is 474 g/mol. The molecule has 1 aromatic carbocycles. The number of pyridine rings is 1. The number of hydrogen-bond donors (Lipinski definition) is 2. The Morgan fingerprint density at radius 2 is 1.97 bits per heavy atom. The molecule has 2 aromatic heterocycles. The van der Waals surface area contributed by atoms with Crippen molar-refractivity contribution in [3.05, 3.63) is 42.2 Å². The van der Waals surface area contributed by atoms with Crippen molar-refractivity contribution < 1.29 is 27.8 Å². The van der Waals surface area contributed by atoms with Crippen LogP contribution in [0.1, 0.15) is 37.7 Å². The molecule has 0 spiro atoms. The van der Waals surface area contributed by atoms with E-state index in [9.17, 15) is 18.3 Å². The Morgan fingerprint density at radius 1 is 1.09 bits per heavy atom. The molecule has 0 bridgehead atoms. The van der Waals surface area contributed by atoms with Crippen molar-refractivity contribution in [3.8, 4) is 17.0 Å². The Hall–Kier alpha value is -2.98. The highest BCUT2D eigenvalue weighted by atomic mass is 19.4. The van der Waals surface area contributed by atoms with E-state index in [0.717, 1.165) is 37.8 Å². The van der Waals surface area contributed by atoms with Gasteiger partial charge in [-0.05, 0) is 49.9 Å². The summed E-state index contributed by atoms with van der Waals surface area (Å²) in [6, 6.07) is 5.12. The van der Waals surface area contributed by atoms with Crippen molar-refractivity contribution in [2.24, 2.45) is 5.92 Å². The molecule has 7 nitrogen and oxygen atoms in total. The second-order valence-corrected chi connectivity index (χ2v) is 8.73. The van der Waals surface area contributed by atoms with E-state index in [2.05, 4.69) is 20.5 Å². The van der Waals surface area contributed by atoms with Crippen molar-refractivity contribution in [1.29, 1.82) is 0 Å². The van der Waals surface area contributed by atoms with Crippen LogP contribution < -0.4 is 10.1 Å². The molecule has 180 valence electrons. The first kappa shape index (κ1) is 22.8. The van der Waals surface area contributed by atoms with Crippen molar-refractivity contribution >= 4 is 16.6 Å². The Kier molecular flexibility index (Phi) is 6.26. The molecule has 34 heavy (non-hydrogen) atoms. The van der Waals surface area contributed by atoms with Crippen LogP contribution in [0.5, 0.6) is 5.75 Å². The van der Waals surface area contributed by atoms with Gasteiger partial charge in [-0.25, -0.2) is 0 Å². The van der Waals surface area contributed by atoms with E-state index in [4.69, 9.17) is 9.47 Å². The smallest absolute Gasteiger partial charge is 0.416 e. The number of alkyl halides is 3. The summed E-state index contributed by atoms with van der Waals surface area (Å²) in [5, 5.41) is 23.1. The van der Waals surface area contributed by atoms with Crippen molar-refractivity contribution in [1.82, 2.24) is 15.2 Å². The minimum Gasteiger partial charge on any atom is -0.464 e. The molecule has 2 N–H and O–H groups in total. The first-order valence-corrected chi connectivity index (χ1v) is 11.4. The third-order valence-electron chi connectivity index (χ3n) is 6.45. The number of nitrogens with one attached hydrogen (secondary N) is 1. The fourth-order valence-electron chi connectivity index (χ4n) is 4.28. The fraction of sp³-hybridized carbons (Fsp3) is 0.458. The average Bonchev–Trinajstić information content (AvgIpc) is 2.83. The monoisotopic (exact) mass is 474 g/mol. The molecule has 0 amide bonds. The SMILES string of the molecule is OC1CCC1CNc1nnc(-c2ccc(C(F)(F)F)cc2OC2CCCCO2)c2ccncc12. The van der Waals surface area contributed by atoms with Gasteiger partial charge in [-0.1, -0.05) is 0 Å². The Bertz CT molecular complexity index is 1170. The van der Waals surface area contributed by atoms with Crippen LogP contribution in [-0.4, -0.2) is 45.8 Å². The molecule has 3 unspecified atom stereocenters. The number of anilines is 1. The molecule has 1 aliphatic heterocycles. The molecule has 3 aromatic rings. The van der Waals surface area contributed by atoms with Crippen LogP contribution in [0, 0.1) is 5.92 Å². The van der Waals surface area contributed by atoms with Gasteiger partial charge in [0.1, 0.15) is 11.4 Å². The van der Waals surface area contributed by atoms with Crippen molar-refractivity contribution in [2.75, 3.05) is 18.5 Å². The molecular formula is C24H25F3N4O3. The fourth-order valence-corrected chi connectivity index (χ4v) is 4.28. The number of ether oxygens (including phenoxy) is 2. The van der Waals surface area contributed by atoms with E-state index < -0.39 is 18.0 Å². The lowest BCUT2D eigenvalue weighted by Crippen LogP contribution is -2.36. The van der Waals surface area contributed by atoms with Gasteiger partial charge in [0, 0.05) is 47.6 Å². The summed E-state index contributed by atoms with van der Waals surface area (Å²) in [5.74, 6) is 0.710. The van der Waals surface area contributed by atoms with E-state index in [1.807, 2.05) is 0 Å². The molecule has 5 rings (SSSR count). The summed E-state index contributed by atoms with van der Waals surface area (Å²) in [6.07, 6.45) is 1.89. The van der Waals surface area contributed by atoms with Gasteiger partial charge in [0.15, 0.2) is 12.1 Å². The van der Waals surface area contributed by atoms with Crippen LogP contribution in [0.2, 0.25) is 0 Å². The lowest BCUT2D eigenvalue weighted by atomic mass is 9.82. The highest BCUT2D eigenvalue weighted by molar-refractivity contribution is 6.00. The lowest BCUT2D eigenvalue weighted by molar-refractivity contribution is -0.138. The molecule has 0 radical (unpaired) electrons. The van der Waals surface area contributed by atoms with Crippen LogP contribution in [0.25, 0.3) is 22.0 Å². The van der Waals surface area contributed by atoms with E-state index in [-0.39, 0.29) is 17.8 Å². The van der Waals surface area contributed by atoms with E-state index >= 15 is 0 Å². The van der Waals surface area contributed by atoms with Gasteiger partial charge in [0.25, 0.3) is 0 Å². The second kappa shape index (κ2) is 9.34. The van der Waals surface area contributed by atoms with Gasteiger partial charge in [-0.3, -0.25) is 4.98 Å². The van der Waals surface area contributed by atoms with Crippen LogP contribution in [0.3, 0.4) is 0 Å². The van der Waals surface area contributed by atoms with E-state index in [0.29, 0.717) is 47.4 Å². The van der Waals surface area contributed by atoms with Gasteiger partial charge >= 0.3 is 6.18 Å². The second-order valence-electron chi connectivity index (χ2n) is 8.73. The number of aromatic nitrogens is 3. The van der Waals surface area contributed by atoms with Gasteiger partial charge in [-0.15, -0.1) is 10.2 Å². The summed E-state index contributed by atoms with van der Waals surface area (Å²) in [4.78, 5) is 4.19. The first-order chi connectivity index (χ1) is 16.4. The third kappa shape index (κ3) is 4.65. The summed E-state index contributed by atoms with van der Waals surface area (Å²) in [7, 11) is 0. The molecule has 2 fully saturated rings. The Labute approximate surface area is 194 Å². The van der Waals surface area contributed by atoms with Gasteiger partial charge < -0.3 is 19.9 Å². The van der Waals surface area contributed by atoms with Crippen molar-refractivity contribution in [3.63, 3.8) is 0 Å². The van der Waals surface area contributed by atoms with Gasteiger partial charge in [-0.2, -0.15) is 13.2 Å². The van der Waals surface area contributed by atoms with Gasteiger partial charge in [0.2, 0.25) is 0 Å². The highest BCUT2D eigenvalue weighted by Gasteiger charge is 2.33. The molecule has 3 heterocycles. The number of aliphatic hydroxyl groups is 1. The molecule has 3 atom stereocenters. The zero-order valence-electron chi connectivity index (χ0n) is 18.4. The summed E-state index contributed by atoms with van der Waals surface area (Å²) in [6.45, 7) is 1.05. The molecular weight excluding hydrogens is 449 g/mol. The number of nitrogens with zero attached hydrogens (tertiary/aromatic N) is 3. The van der Waals surface area contributed by atoms with Crippen LogP contribution in [-0.2, 0) is 10.9 Å². The maximum Gasteiger partial charge on any atom is 0.416 e. The standard InChI is InChI=1S/C24H25F3N4O3/c25-24(26,27)15-5-6-17(20(11-15)34-21-3-1-2-10-33-21)22-16-8-9-28-13-18(16)23(31-30-22)29-12-14-4-7-19(14)32/h5-6,8-9,11,13-14,19,21,32H,1-4,7,10,12H2,(H,29,31). The predicted octanol–water partition coefficient (Wildman–Crippen LogP) is 4.80. The Balaban J connectivity index is 1.53. The number of fused-ring (bicyclic) bond motifs is 1. The van der Waals surface area contributed by atoms with Crippen LogP contribution in [0.4, 0.5) is 19.0 Å². The molecule has 1 saturated heterocycles. The highest BCUT2D eigenvalue weighted by Crippen LogP contribution is 2.40. The number of benzene rings is 1. The topological polar surface area (TPSA) is 89.4 Å². The Morgan fingerprint density at radius 3 is 2.68 bits per heavy atom. The van der Waals surface area contributed by atoms with Gasteiger partial charge in [0.05, 0.1) is 18.3 Å². The zero-order chi connectivity index (χ0) is 23.7. The van der Waals surface area contributed by atoms with Crippen molar-refractivity contribution in [2.45, 2.75) is 50.7 Å². The van der Waals surface area contributed by atoms with Crippen LogP contribution >= 0.6 is 0 Å². The van der Waals surface area contributed by atoms with E-state index in [1.165, 1.54) is 6.07 Å². The molecule has 1 saturated carbocycles. The molecule has 2 aliphatic rings. The van der Waals surface area contributed by atoms with Crippen LogP contribution in [0.15, 0.2) is 36.7 Å². The zero-order valence-corrected chi connectivity index (χ0v) is 18.4. The summed E-state index contributed by atoms with van der Waals surface area (Å²) >= 11 is 0. The first-order valence-electron chi connectivity index (χ1n) is 11.4. The summed E-state index contributed by atoms with van der Waals surface area (Å²) < 4.78 is 51.9. The number of rotatable bonds is 6. The number of hydrogen-bond acceptors (Lipinski definition) is 7. The lowest BCUT2D eigenvalue weighted by Gasteiger charge is -2.32. The number of aliphatic hydroxyl groups excluding tert-OH is 1. The molecule has 10 heteroatoms. The minimum atomic E-state index is -4.51.